The molecule has 0 spiro atoms. The molecule has 2 heterocycles. The molecule has 11 aromatic rings. The molecule has 0 N–H and O–H groups in total. The van der Waals surface area contributed by atoms with Crippen molar-refractivity contribution in [3.05, 3.63) is 200 Å². The Morgan fingerprint density at radius 3 is 1.84 bits per heavy atom. The maximum Gasteiger partial charge on any atom is 0.137 e. The molecule has 0 saturated carbocycles. The van der Waals surface area contributed by atoms with Gasteiger partial charge in [-0.05, 0) is 87.1 Å². The van der Waals surface area contributed by atoms with E-state index in [-0.39, 0.29) is 0 Å². The van der Waals surface area contributed by atoms with Crippen LogP contribution in [0.3, 0.4) is 0 Å². The summed E-state index contributed by atoms with van der Waals surface area (Å²) in [6.45, 7) is 0. The van der Waals surface area contributed by atoms with Crippen molar-refractivity contribution in [2.24, 2.45) is 0 Å². The van der Waals surface area contributed by atoms with Crippen molar-refractivity contribution in [2.75, 3.05) is 4.90 Å². The van der Waals surface area contributed by atoms with Gasteiger partial charge < -0.3 is 9.32 Å². The zero-order chi connectivity index (χ0) is 36.3. The molecular weight excluding hydrogens is 687 g/mol. The van der Waals surface area contributed by atoms with Gasteiger partial charge in [-0.2, -0.15) is 0 Å². The van der Waals surface area contributed by atoms with E-state index in [0.717, 1.165) is 44.6 Å². The molecule has 11 rings (SSSR count). The topological polar surface area (TPSA) is 16.4 Å². The summed E-state index contributed by atoms with van der Waals surface area (Å²) in [4.78, 5) is 2.37. The number of fused-ring (bicyclic) bond motifs is 7. The molecule has 0 radical (unpaired) electrons. The zero-order valence-corrected chi connectivity index (χ0v) is 30.6. The fourth-order valence-electron chi connectivity index (χ4n) is 8.31. The number of nitrogens with zero attached hydrogens (tertiary/aromatic N) is 1. The van der Waals surface area contributed by atoms with Crippen molar-refractivity contribution in [3.63, 3.8) is 0 Å². The quantitative estimate of drug-likeness (QED) is 0.170. The number of hydrogen-bond donors (Lipinski definition) is 0. The van der Waals surface area contributed by atoms with E-state index < -0.39 is 0 Å². The van der Waals surface area contributed by atoms with E-state index in [4.69, 9.17) is 4.42 Å². The smallest absolute Gasteiger partial charge is 0.137 e. The number of anilines is 3. The van der Waals surface area contributed by atoms with Gasteiger partial charge >= 0.3 is 0 Å². The van der Waals surface area contributed by atoms with Gasteiger partial charge in [0.2, 0.25) is 0 Å². The number of thiophene rings is 1. The van der Waals surface area contributed by atoms with Gasteiger partial charge in [0.05, 0.1) is 5.69 Å². The number of para-hydroxylation sites is 2. The molecule has 0 aliphatic heterocycles. The van der Waals surface area contributed by atoms with E-state index in [2.05, 4.69) is 193 Å². The lowest BCUT2D eigenvalue weighted by Crippen LogP contribution is -2.11. The number of furan rings is 1. The van der Waals surface area contributed by atoms with E-state index >= 15 is 0 Å². The third-order valence-electron chi connectivity index (χ3n) is 10.9. The van der Waals surface area contributed by atoms with E-state index in [9.17, 15) is 0 Å². The van der Waals surface area contributed by atoms with Crippen LogP contribution in [0.5, 0.6) is 0 Å². The average Bonchev–Trinajstić information content (AvgIpc) is 3.82. The van der Waals surface area contributed by atoms with Crippen LogP contribution >= 0.6 is 11.3 Å². The van der Waals surface area contributed by atoms with Gasteiger partial charge in [-0.3, -0.25) is 0 Å². The highest BCUT2D eigenvalue weighted by atomic mass is 32.1. The Hall–Kier alpha value is -6.94. The van der Waals surface area contributed by atoms with Crippen molar-refractivity contribution in [2.45, 2.75) is 0 Å². The van der Waals surface area contributed by atoms with Gasteiger partial charge in [-0.15, -0.1) is 11.3 Å². The van der Waals surface area contributed by atoms with Crippen molar-refractivity contribution >= 4 is 81.3 Å². The van der Waals surface area contributed by atoms with Crippen LogP contribution in [0.25, 0.3) is 86.3 Å². The highest BCUT2D eigenvalue weighted by Crippen LogP contribution is 2.45. The summed E-state index contributed by atoms with van der Waals surface area (Å²) in [5.74, 6) is 0. The molecule has 0 aliphatic carbocycles. The fourth-order valence-corrected chi connectivity index (χ4v) is 9.45. The minimum atomic E-state index is 0.869. The summed E-state index contributed by atoms with van der Waals surface area (Å²) < 4.78 is 9.04. The van der Waals surface area contributed by atoms with Crippen molar-refractivity contribution in [1.29, 1.82) is 0 Å². The van der Waals surface area contributed by atoms with Crippen LogP contribution in [0, 0.1) is 0 Å². The van der Waals surface area contributed by atoms with Gasteiger partial charge in [-0.1, -0.05) is 146 Å². The SMILES string of the molecule is c1ccc(-c2cccc3ccccc23)c(-c2ccc(N(c3ccc4c(c3)oc3ccccc34)c3ccccc3-c3ccc4c(c3)sc3ccccc34)cc2)c1. The third kappa shape index (κ3) is 5.32. The van der Waals surface area contributed by atoms with E-state index in [1.165, 1.54) is 58.8 Å². The molecule has 0 aliphatic rings. The van der Waals surface area contributed by atoms with E-state index in [1.54, 1.807) is 0 Å². The summed E-state index contributed by atoms with van der Waals surface area (Å²) in [7, 11) is 0. The lowest BCUT2D eigenvalue weighted by molar-refractivity contribution is 0.669. The first kappa shape index (κ1) is 31.6. The zero-order valence-electron chi connectivity index (χ0n) is 29.8. The van der Waals surface area contributed by atoms with Crippen LogP contribution in [0.1, 0.15) is 0 Å². The highest BCUT2D eigenvalue weighted by molar-refractivity contribution is 7.25. The second-order valence-electron chi connectivity index (χ2n) is 14.1. The van der Waals surface area contributed by atoms with Crippen LogP contribution in [0.2, 0.25) is 0 Å². The Morgan fingerprint density at radius 2 is 0.945 bits per heavy atom. The largest absolute Gasteiger partial charge is 0.456 e. The molecule has 3 heteroatoms. The van der Waals surface area contributed by atoms with E-state index in [1.807, 2.05) is 23.5 Å². The van der Waals surface area contributed by atoms with Crippen molar-refractivity contribution < 1.29 is 4.42 Å². The van der Waals surface area contributed by atoms with Crippen LogP contribution in [-0.4, -0.2) is 0 Å². The molecule has 258 valence electrons. The summed E-state index contributed by atoms with van der Waals surface area (Å²) >= 11 is 1.85. The molecule has 0 fully saturated rings. The number of rotatable bonds is 6. The van der Waals surface area contributed by atoms with Gasteiger partial charge in [0.15, 0.2) is 0 Å². The summed E-state index contributed by atoms with van der Waals surface area (Å²) in [6.07, 6.45) is 0. The second kappa shape index (κ2) is 12.9. The van der Waals surface area contributed by atoms with Gasteiger partial charge in [0.1, 0.15) is 11.2 Å². The Labute approximate surface area is 322 Å². The standard InChI is InChI=1S/C52H33NOS/c1-2-14-39-34(12-1)13-11-20-43(39)42-17-4-3-15-40(42)35-24-27-37(28-25-35)53(38-29-31-45-44-18-6-9-22-49(44)54-50(45)33-38)48-21-8-5-16-41(48)36-26-30-47-46-19-7-10-23-51(46)55-52(47)32-36/h1-33H. The Morgan fingerprint density at radius 1 is 0.345 bits per heavy atom. The summed E-state index contributed by atoms with van der Waals surface area (Å²) in [6, 6.07) is 72.2. The van der Waals surface area contributed by atoms with Crippen LogP contribution in [0.4, 0.5) is 17.1 Å². The first-order valence-electron chi connectivity index (χ1n) is 18.7. The molecule has 55 heavy (non-hydrogen) atoms. The molecule has 0 bridgehead atoms. The normalized spacial score (nSPS) is 11.6. The van der Waals surface area contributed by atoms with Gasteiger partial charge in [-0.25, -0.2) is 0 Å². The third-order valence-corrected chi connectivity index (χ3v) is 12.0. The second-order valence-corrected chi connectivity index (χ2v) is 15.1. The Balaban J connectivity index is 1.07. The predicted molar refractivity (Wildman–Crippen MR) is 235 cm³/mol. The van der Waals surface area contributed by atoms with Crippen LogP contribution in [0.15, 0.2) is 205 Å². The molecule has 0 unspecified atom stereocenters. The Bertz CT molecular complexity index is 3220. The van der Waals surface area contributed by atoms with Gasteiger partial charge in [0, 0.05) is 53.9 Å². The van der Waals surface area contributed by atoms with E-state index in [0.29, 0.717) is 0 Å². The summed E-state index contributed by atoms with van der Waals surface area (Å²) in [5, 5.41) is 7.35. The monoisotopic (exact) mass is 719 g/mol. The molecule has 0 saturated heterocycles. The minimum Gasteiger partial charge on any atom is -0.456 e. The van der Waals surface area contributed by atoms with Crippen LogP contribution < -0.4 is 4.90 Å². The molecule has 2 nitrogen and oxygen atoms in total. The molecule has 0 amide bonds. The maximum atomic E-state index is 6.44. The predicted octanol–water partition coefficient (Wildman–Crippen LogP) is 15.6. The molecule has 9 aromatic carbocycles. The number of benzene rings is 9. The molecular formula is C52H33NOS. The maximum absolute atomic E-state index is 6.44. The first-order chi connectivity index (χ1) is 27.3. The van der Waals surface area contributed by atoms with Crippen molar-refractivity contribution in [1.82, 2.24) is 0 Å². The summed E-state index contributed by atoms with van der Waals surface area (Å²) in [5.41, 5.74) is 12.2. The molecule has 2 aromatic heterocycles. The highest BCUT2D eigenvalue weighted by Gasteiger charge is 2.20. The van der Waals surface area contributed by atoms with Crippen molar-refractivity contribution in [3.8, 4) is 33.4 Å². The first-order valence-corrected chi connectivity index (χ1v) is 19.5. The number of hydrogen-bond acceptors (Lipinski definition) is 3. The van der Waals surface area contributed by atoms with Gasteiger partial charge in [0.25, 0.3) is 0 Å². The van der Waals surface area contributed by atoms with Crippen LogP contribution in [-0.2, 0) is 0 Å². The average molecular weight is 720 g/mol. The Kier molecular flexibility index (Phi) is 7.39. The fraction of sp³-hybridized carbons (Fsp3) is 0. The minimum absolute atomic E-state index is 0.869. The lowest BCUT2D eigenvalue weighted by Gasteiger charge is -2.28. The molecule has 0 atom stereocenters. The lowest BCUT2D eigenvalue weighted by atomic mass is 9.91.